The summed E-state index contributed by atoms with van der Waals surface area (Å²) in [5, 5.41) is 12.2. The first-order valence-electron chi connectivity index (χ1n) is 6.19. The van der Waals surface area contributed by atoms with Crippen molar-refractivity contribution in [1.29, 1.82) is 5.26 Å². The Balaban J connectivity index is 1.87. The summed E-state index contributed by atoms with van der Waals surface area (Å²) < 4.78 is 0. The molecule has 0 unspecified atom stereocenters. The molecule has 0 saturated heterocycles. The molecule has 0 N–H and O–H groups in total. The monoisotopic (exact) mass is 277 g/mol. The van der Waals surface area contributed by atoms with E-state index < -0.39 is 0 Å². The molecule has 0 amide bonds. The molecule has 96 valence electrons. The van der Waals surface area contributed by atoms with Gasteiger partial charge < -0.3 is 0 Å². The van der Waals surface area contributed by atoms with Gasteiger partial charge >= 0.3 is 0 Å². The molecule has 0 aliphatic rings. The standard InChI is InChI=1S/C16H11N3S/c17-10-14-4-2-1-3-13(14)9-16-19-15(11-20-16)12-5-7-18-8-6-12/h1-8,11H,9H2. The molecule has 2 aromatic heterocycles. The highest BCUT2D eigenvalue weighted by Gasteiger charge is 2.07. The number of hydrogen-bond donors (Lipinski definition) is 0. The molecule has 3 aromatic rings. The summed E-state index contributed by atoms with van der Waals surface area (Å²) in [6, 6.07) is 13.8. The highest BCUT2D eigenvalue weighted by molar-refractivity contribution is 7.10. The van der Waals surface area contributed by atoms with Crippen LogP contribution in [0.5, 0.6) is 0 Å². The van der Waals surface area contributed by atoms with E-state index in [1.807, 2.05) is 41.8 Å². The summed E-state index contributed by atoms with van der Waals surface area (Å²) in [6.07, 6.45) is 4.22. The lowest BCUT2D eigenvalue weighted by atomic mass is 10.1. The van der Waals surface area contributed by atoms with Crippen molar-refractivity contribution in [1.82, 2.24) is 9.97 Å². The van der Waals surface area contributed by atoms with Crippen LogP contribution in [0.2, 0.25) is 0 Å². The lowest BCUT2D eigenvalue weighted by Gasteiger charge is -2.00. The van der Waals surface area contributed by atoms with Crippen LogP contribution in [0.1, 0.15) is 16.1 Å². The highest BCUT2D eigenvalue weighted by Crippen LogP contribution is 2.23. The van der Waals surface area contributed by atoms with Crippen LogP contribution >= 0.6 is 11.3 Å². The molecule has 0 bridgehead atoms. The minimum Gasteiger partial charge on any atom is -0.265 e. The van der Waals surface area contributed by atoms with Gasteiger partial charge in [-0.25, -0.2) is 4.98 Å². The van der Waals surface area contributed by atoms with Crippen LogP contribution in [0.4, 0.5) is 0 Å². The van der Waals surface area contributed by atoms with Crippen LogP contribution in [0.3, 0.4) is 0 Å². The maximum atomic E-state index is 9.11. The summed E-state index contributed by atoms with van der Waals surface area (Å²) in [5.74, 6) is 0. The minimum atomic E-state index is 0.694. The average Bonchev–Trinajstić information content (AvgIpc) is 2.97. The smallest absolute Gasteiger partial charge is 0.0994 e. The highest BCUT2D eigenvalue weighted by atomic mass is 32.1. The van der Waals surface area contributed by atoms with Gasteiger partial charge in [-0.1, -0.05) is 18.2 Å². The van der Waals surface area contributed by atoms with Gasteiger partial charge in [-0.05, 0) is 23.8 Å². The van der Waals surface area contributed by atoms with Gasteiger partial charge in [-0.3, -0.25) is 4.98 Å². The van der Waals surface area contributed by atoms with Crippen molar-refractivity contribution in [2.75, 3.05) is 0 Å². The number of pyridine rings is 1. The van der Waals surface area contributed by atoms with E-state index in [-0.39, 0.29) is 0 Å². The average molecular weight is 277 g/mol. The van der Waals surface area contributed by atoms with Gasteiger partial charge in [0.2, 0.25) is 0 Å². The first-order valence-corrected chi connectivity index (χ1v) is 7.07. The van der Waals surface area contributed by atoms with E-state index in [1.54, 1.807) is 23.7 Å². The number of benzene rings is 1. The van der Waals surface area contributed by atoms with Crippen molar-refractivity contribution in [3.63, 3.8) is 0 Å². The molecule has 3 rings (SSSR count). The number of aromatic nitrogens is 2. The molecule has 0 fully saturated rings. The van der Waals surface area contributed by atoms with Gasteiger partial charge in [0, 0.05) is 29.8 Å². The van der Waals surface area contributed by atoms with Crippen LogP contribution in [-0.2, 0) is 6.42 Å². The molecule has 0 aliphatic carbocycles. The van der Waals surface area contributed by atoms with Crippen molar-refractivity contribution in [2.24, 2.45) is 0 Å². The zero-order chi connectivity index (χ0) is 13.8. The third-order valence-electron chi connectivity index (χ3n) is 3.01. The zero-order valence-electron chi connectivity index (χ0n) is 10.7. The SMILES string of the molecule is N#Cc1ccccc1Cc1nc(-c2ccncc2)cs1. The third kappa shape index (κ3) is 2.58. The maximum Gasteiger partial charge on any atom is 0.0994 e. The van der Waals surface area contributed by atoms with Crippen molar-refractivity contribution in [2.45, 2.75) is 6.42 Å². The van der Waals surface area contributed by atoms with Gasteiger partial charge in [0.25, 0.3) is 0 Å². The van der Waals surface area contributed by atoms with Crippen LogP contribution in [0.15, 0.2) is 54.2 Å². The van der Waals surface area contributed by atoms with E-state index in [1.165, 1.54) is 0 Å². The lowest BCUT2D eigenvalue weighted by Crippen LogP contribution is -1.91. The Labute approximate surface area is 121 Å². The Hall–Kier alpha value is -2.51. The van der Waals surface area contributed by atoms with Crippen LogP contribution in [0.25, 0.3) is 11.3 Å². The molecule has 3 nitrogen and oxygen atoms in total. The van der Waals surface area contributed by atoms with Crippen molar-refractivity contribution >= 4 is 11.3 Å². The fourth-order valence-corrected chi connectivity index (χ4v) is 2.82. The van der Waals surface area contributed by atoms with Gasteiger partial charge in [-0.15, -0.1) is 11.3 Å². The first-order chi connectivity index (χ1) is 9.86. The molecule has 2 heterocycles. The number of nitrogens with zero attached hydrogens (tertiary/aromatic N) is 3. The van der Waals surface area contributed by atoms with Crippen LogP contribution in [-0.4, -0.2) is 9.97 Å². The summed E-state index contributed by atoms with van der Waals surface area (Å²) in [4.78, 5) is 8.64. The minimum absolute atomic E-state index is 0.694. The third-order valence-corrected chi connectivity index (χ3v) is 3.86. The second kappa shape index (κ2) is 5.64. The Bertz CT molecular complexity index is 757. The zero-order valence-corrected chi connectivity index (χ0v) is 11.5. The number of nitriles is 1. The summed E-state index contributed by atoms with van der Waals surface area (Å²) in [7, 11) is 0. The van der Waals surface area contributed by atoms with E-state index in [0.29, 0.717) is 12.0 Å². The maximum absolute atomic E-state index is 9.11. The molecule has 20 heavy (non-hydrogen) atoms. The molecule has 1 aromatic carbocycles. The van der Waals surface area contributed by atoms with E-state index in [0.717, 1.165) is 21.8 Å². The van der Waals surface area contributed by atoms with Crippen LogP contribution < -0.4 is 0 Å². The van der Waals surface area contributed by atoms with Gasteiger partial charge in [0.15, 0.2) is 0 Å². The predicted octanol–water partition coefficient (Wildman–Crippen LogP) is 3.67. The van der Waals surface area contributed by atoms with E-state index in [2.05, 4.69) is 16.0 Å². The normalized spacial score (nSPS) is 10.2. The van der Waals surface area contributed by atoms with Gasteiger partial charge in [0.1, 0.15) is 0 Å². The molecule has 0 spiro atoms. The summed E-state index contributed by atoms with van der Waals surface area (Å²) >= 11 is 1.62. The van der Waals surface area contributed by atoms with E-state index in [4.69, 9.17) is 5.26 Å². The Morgan fingerprint density at radius 1 is 1.10 bits per heavy atom. The quantitative estimate of drug-likeness (QED) is 0.734. The summed E-state index contributed by atoms with van der Waals surface area (Å²) in [5.41, 5.74) is 3.76. The molecule has 0 aliphatic heterocycles. The van der Waals surface area contributed by atoms with E-state index >= 15 is 0 Å². The summed E-state index contributed by atoms with van der Waals surface area (Å²) in [6.45, 7) is 0. The predicted molar refractivity (Wildman–Crippen MR) is 79.3 cm³/mol. The number of thiazole rings is 1. The fourth-order valence-electron chi connectivity index (χ4n) is 1.99. The molecule has 0 saturated carbocycles. The van der Waals surface area contributed by atoms with Gasteiger partial charge in [0.05, 0.1) is 22.3 Å². The Morgan fingerprint density at radius 2 is 1.90 bits per heavy atom. The van der Waals surface area contributed by atoms with E-state index in [9.17, 15) is 0 Å². The fraction of sp³-hybridized carbons (Fsp3) is 0.0625. The van der Waals surface area contributed by atoms with Crippen molar-refractivity contribution < 1.29 is 0 Å². The molecular formula is C16H11N3S. The molecular weight excluding hydrogens is 266 g/mol. The van der Waals surface area contributed by atoms with Crippen molar-refractivity contribution in [3.8, 4) is 17.3 Å². The molecule has 4 heteroatoms. The Morgan fingerprint density at radius 3 is 2.70 bits per heavy atom. The van der Waals surface area contributed by atoms with Gasteiger partial charge in [-0.2, -0.15) is 5.26 Å². The largest absolute Gasteiger partial charge is 0.265 e. The number of rotatable bonds is 3. The second-order valence-corrected chi connectivity index (χ2v) is 5.25. The Kier molecular flexibility index (Phi) is 3.53. The van der Waals surface area contributed by atoms with Crippen molar-refractivity contribution in [3.05, 3.63) is 70.3 Å². The van der Waals surface area contributed by atoms with Crippen LogP contribution in [0, 0.1) is 11.3 Å². The molecule has 0 atom stereocenters. The number of hydrogen-bond acceptors (Lipinski definition) is 4. The second-order valence-electron chi connectivity index (χ2n) is 4.31. The lowest BCUT2D eigenvalue weighted by molar-refractivity contribution is 1.13. The topological polar surface area (TPSA) is 49.6 Å². The first kappa shape index (κ1) is 12.5. The molecule has 0 radical (unpaired) electrons.